The molecule has 0 heterocycles. The first-order valence-electron chi connectivity index (χ1n) is 6.34. The molecule has 0 fully saturated rings. The fraction of sp³-hybridized carbons (Fsp3) is 0.250. The summed E-state index contributed by atoms with van der Waals surface area (Å²) in [6.07, 6.45) is 0. The maximum absolute atomic E-state index is 5.56. The van der Waals surface area contributed by atoms with E-state index in [9.17, 15) is 0 Å². The maximum Gasteiger partial charge on any atom is 0.172 e. The first kappa shape index (κ1) is 13.1. The topological polar surface area (TPSA) is 9.23 Å². The van der Waals surface area contributed by atoms with Gasteiger partial charge in [-0.3, -0.25) is 0 Å². The van der Waals surface area contributed by atoms with Crippen LogP contribution in [-0.4, -0.2) is 16.9 Å². The molecular formula is C16H20OSi. The average molecular weight is 256 g/mol. The highest BCUT2D eigenvalue weighted by atomic mass is 28.2. The summed E-state index contributed by atoms with van der Waals surface area (Å²) in [4.78, 5) is 0. The Bertz CT molecular complexity index is 477. The van der Waals surface area contributed by atoms with Crippen molar-refractivity contribution in [3.63, 3.8) is 0 Å². The third-order valence-electron chi connectivity index (χ3n) is 3.46. The molecule has 0 unspecified atom stereocenters. The van der Waals surface area contributed by atoms with E-state index in [4.69, 9.17) is 4.43 Å². The van der Waals surface area contributed by atoms with Crippen LogP contribution in [0.15, 0.2) is 48.5 Å². The second-order valence-electron chi connectivity index (χ2n) is 4.72. The van der Waals surface area contributed by atoms with Crippen LogP contribution in [-0.2, 0) is 4.43 Å². The lowest BCUT2D eigenvalue weighted by atomic mass is 9.97. The Hall–Kier alpha value is -1.38. The normalized spacial score (nSPS) is 11.6. The van der Waals surface area contributed by atoms with E-state index in [0.29, 0.717) is 5.54 Å². The van der Waals surface area contributed by atoms with Gasteiger partial charge in [-0.25, -0.2) is 0 Å². The third-order valence-corrected chi connectivity index (χ3v) is 5.01. The molecule has 2 heteroatoms. The van der Waals surface area contributed by atoms with Gasteiger partial charge in [-0.2, -0.15) is 0 Å². The molecule has 0 saturated heterocycles. The number of rotatable bonds is 4. The summed E-state index contributed by atoms with van der Waals surface area (Å²) in [7, 11) is 1.23. The summed E-state index contributed by atoms with van der Waals surface area (Å²) < 4.78 is 5.56. The summed E-state index contributed by atoms with van der Waals surface area (Å²) >= 11 is 0. The zero-order chi connectivity index (χ0) is 13.0. The quantitative estimate of drug-likeness (QED) is 0.764. The highest BCUT2D eigenvalue weighted by molar-refractivity contribution is 6.31. The molecule has 0 bridgehead atoms. The number of aryl methyl sites for hydroxylation is 2. The van der Waals surface area contributed by atoms with E-state index in [-0.39, 0.29) is 0 Å². The number of benzene rings is 2. The van der Waals surface area contributed by atoms with E-state index < -0.39 is 9.76 Å². The van der Waals surface area contributed by atoms with Crippen molar-refractivity contribution in [3.05, 3.63) is 70.8 Å². The molecule has 0 N–H and O–H groups in total. The third kappa shape index (κ3) is 2.71. The molecule has 0 aliphatic rings. The van der Waals surface area contributed by atoms with Gasteiger partial charge < -0.3 is 4.43 Å². The Balaban J connectivity index is 2.47. The van der Waals surface area contributed by atoms with Crippen molar-refractivity contribution in [2.75, 3.05) is 7.11 Å². The standard InChI is InChI=1S/C16H20OSi/c1-12-8-4-6-10-14(12)16(18-17-3)15-11-7-5-9-13(15)2/h4-11,16H,18H2,1-3H3. The van der Waals surface area contributed by atoms with Crippen molar-refractivity contribution in [2.45, 2.75) is 19.4 Å². The lowest BCUT2D eigenvalue weighted by molar-refractivity contribution is 0.436. The van der Waals surface area contributed by atoms with Gasteiger partial charge in [-0.1, -0.05) is 48.5 Å². The second kappa shape index (κ2) is 5.98. The number of hydrogen-bond donors (Lipinski definition) is 0. The zero-order valence-corrected chi connectivity index (χ0v) is 12.7. The van der Waals surface area contributed by atoms with E-state index in [1.54, 1.807) is 0 Å². The molecule has 0 aliphatic carbocycles. The molecule has 0 radical (unpaired) electrons. The Morgan fingerprint density at radius 1 is 0.833 bits per heavy atom. The van der Waals surface area contributed by atoms with E-state index >= 15 is 0 Å². The summed E-state index contributed by atoms with van der Waals surface area (Å²) in [6, 6.07) is 17.3. The summed E-state index contributed by atoms with van der Waals surface area (Å²) in [5.74, 6) is 0. The van der Waals surface area contributed by atoms with Gasteiger partial charge in [0.2, 0.25) is 0 Å². The number of hydrogen-bond acceptors (Lipinski definition) is 1. The molecule has 18 heavy (non-hydrogen) atoms. The molecule has 0 aliphatic heterocycles. The monoisotopic (exact) mass is 256 g/mol. The van der Waals surface area contributed by atoms with Gasteiger partial charge in [0.1, 0.15) is 0 Å². The van der Waals surface area contributed by atoms with Crippen LogP contribution in [0, 0.1) is 13.8 Å². The SMILES string of the molecule is CO[SiH2]C(c1ccccc1C)c1ccccc1C. The Morgan fingerprint density at radius 3 is 1.67 bits per heavy atom. The molecule has 0 saturated carbocycles. The smallest absolute Gasteiger partial charge is 0.172 e. The van der Waals surface area contributed by atoms with Gasteiger partial charge in [0, 0.05) is 12.7 Å². The van der Waals surface area contributed by atoms with Crippen molar-refractivity contribution in [2.24, 2.45) is 0 Å². The van der Waals surface area contributed by atoms with Crippen molar-refractivity contribution in [3.8, 4) is 0 Å². The van der Waals surface area contributed by atoms with Crippen LogP contribution in [0.4, 0.5) is 0 Å². The minimum absolute atomic E-state index is 0.456. The first-order chi connectivity index (χ1) is 8.74. The fourth-order valence-corrected chi connectivity index (χ4v) is 4.08. The molecule has 0 spiro atoms. The van der Waals surface area contributed by atoms with Gasteiger partial charge in [0.25, 0.3) is 0 Å². The highest BCUT2D eigenvalue weighted by Crippen LogP contribution is 2.28. The van der Waals surface area contributed by atoms with E-state index in [1.807, 2.05) is 7.11 Å². The van der Waals surface area contributed by atoms with Crippen LogP contribution < -0.4 is 0 Å². The Labute approximate surface area is 112 Å². The second-order valence-corrected chi connectivity index (χ2v) is 6.45. The average Bonchev–Trinajstić information content (AvgIpc) is 2.38. The van der Waals surface area contributed by atoms with Crippen molar-refractivity contribution >= 4 is 9.76 Å². The lowest BCUT2D eigenvalue weighted by Gasteiger charge is -2.20. The molecule has 0 atom stereocenters. The van der Waals surface area contributed by atoms with Gasteiger partial charge in [-0.05, 0) is 36.1 Å². The van der Waals surface area contributed by atoms with Gasteiger partial charge in [-0.15, -0.1) is 0 Å². The maximum atomic E-state index is 5.56. The van der Waals surface area contributed by atoms with Gasteiger partial charge >= 0.3 is 0 Å². The van der Waals surface area contributed by atoms with E-state index in [1.165, 1.54) is 22.3 Å². The summed E-state index contributed by atoms with van der Waals surface area (Å²) in [6.45, 7) is 4.37. The fourth-order valence-electron chi connectivity index (χ4n) is 2.47. The first-order valence-corrected chi connectivity index (χ1v) is 7.73. The minimum atomic E-state index is -0.604. The minimum Gasteiger partial charge on any atom is -0.426 e. The van der Waals surface area contributed by atoms with Gasteiger partial charge in [0.15, 0.2) is 9.76 Å². The zero-order valence-electron chi connectivity index (χ0n) is 11.3. The molecule has 94 valence electrons. The summed E-state index contributed by atoms with van der Waals surface area (Å²) in [5, 5.41) is 0. The van der Waals surface area contributed by atoms with Crippen LogP contribution in [0.25, 0.3) is 0 Å². The molecule has 0 aromatic heterocycles. The van der Waals surface area contributed by atoms with Crippen LogP contribution in [0.3, 0.4) is 0 Å². The van der Waals surface area contributed by atoms with E-state index in [0.717, 1.165) is 0 Å². The van der Waals surface area contributed by atoms with Crippen molar-refractivity contribution in [1.82, 2.24) is 0 Å². The predicted molar refractivity (Wildman–Crippen MR) is 79.8 cm³/mol. The van der Waals surface area contributed by atoms with Crippen LogP contribution in [0.2, 0.25) is 0 Å². The predicted octanol–water partition coefficient (Wildman–Crippen LogP) is 3.12. The van der Waals surface area contributed by atoms with Crippen molar-refractivity contribution < 1.29 is 4.43 Å². The van der Waals surface area contributed by atoms with E-state index in [2.05, 4.69) is 62.4 Å². The van der Waals surface area contributed by atoms with Gasteiger partial charge in [0.05, 0.1) is 0 Å². The molecule has 1 nitrogen and oxygen atoms in total. The molecular weight excluding hydrogens is 236 g/mol. The Kier molecular flexibility index (Phi) is 4.34. The molecule has 2 aromatic carbocycles. The van der Waals surface area contributed by atoms with Crippen LogP contribution in [0.1, 0.15) is 27.8 Å². The largest absolute Gasteiger partial charge is 0.426 e. The van der Waals surface area contributed by atoms with Crippen LogP contribution in [0.5, 0.6) is 0 Å². The molecule has 2 rings (SSSR count). The highest BCUT2D eigenvalue weighted by Gasteiger charge is 2.18. The summed E-state index contributed by atoms with van der Waals surface area (Å²) in [5.41, 5.74) is 6.00. The lowest BCUT2D eigenvalue weighted by Crippen LogP contribution is -2.14. The Morgan fingerprint density at radius 2 is 1.28 bits per heavy atom. The van der Waals surface area contributed by atoms with Crippen LogP contribution >= 0.6 is 0 Å². The molecule has 0 amide bonds. The molecule has 2 aromatic rings. The van der Waals surface area contributed by atoms with Crippen molar-refractivity contribution in [1.29, 1.82) is 0 Å².